The van der Waals surface area contributed by atoms with Gasteiger partial charge in [0.05, 0.1) is 12.2 Å². The van der Waals surface area contributed by atoms with E-state index in [1.54, 1.807) is 18.6 Å². The molecule has 1 fully saturated rings. The number of hydrogen-bond acceptors (Lipinski definition) is 5. The highest BCUT2D eigenvalue weighted by molar-refractivity contribution is 5.59. The van der Waals surface area contributed by atoms with Gasteiger partial charge in [0.2, 0.25) is 5.95 Å². The van der Waals surface area contributed by atoms with Crippen molar-refractivity contribution >= 4 is 5.95 Å². The van der Waals surface area contributed by atoms with Crippen LogP contribution in [0.3, 0.4) is 0 Å². The zero-order valence-electron chi connectivity index (χ0n) is 14.1. The highest BCUT2D eigenvalue weighted by Gasteiger charge is 2.39. The average molecular weight is 332 g/mol. The number of nitrogens with zero attached hydrogens (tertiary/aromatic N) is 4. The van der Waals surface area contributed by atoms with Gasteiger partial charge in [-0.25, -0.2) is 9.97 Å². The molecule has 5 nitrogen and oxygen atoms in total. The van der Waals surface area contributed by atoms with Crippen molar-refractivity contribution in [3.8, 4) is 11.3 Å². The van der Waals surface area contributed by atoms with E-state index in [0.717, 1.165) is 28.9 Å². The number of benzene rings is 1. The van der Waals surface area contributed by atoms with Gasteiger partial charge in [-0.1, -0.05) is 24.3 Å². The van der Waals surface area contributed by atoms with Crippen LogP contribution >= 0.6 is 0 Å². The number of β-amino-alcohol motifs (C(OH)–C–C–N with tert-alkyl or cyclic N) is 1. The van der Waals surface area contributed by atoms with Crippen LogP contribution in [0.15, 0.2) is 61.1 Å². The highest BCUT2D eigenvalue weighted by atomic mass is 16.3. The molecule has 0 radical (unpaired) electrons. The Bertz CT molecular complexity index is 884. The molecule has 1 aromatic carbocycles. The first-order chi connectivity index (χ1) is 12.2. The molecule has 1 saturated heterocycles. The smallest absolute Gasteiger partial charge is 0.225 e. The number of aryl methyl sites for hydroxylation is 1. The Kier molecular flexibility index (Phi) is 3.93. The predicted octanol–water partition coefficient (Wildman–Crippen LogP) is 2.94. The van der Waals surface area contributed by atoms with Gasteiger partial charge < -0.3 is 10.0 Å². The number of aromatic nitrogens is 3. The minimum atomic E-state index is -0.862. The van der Waals surface area contributed by atoms with Gasteiger partial charge in [0.25, 0.3) is 0 Å². The molecule has 0 aliphatic carbocycles. The fraction of sp³-hybridized carbons (Fsp3) is 0.250. The zero-order valence-corrected chi connectivity index (χ0v) is 14.1. The molecule has 0 spiro atoms. The first-order valence-electron chi connectivity index (χ1n) is 8.43. The molecule has 126 valence electrons. The zero-order chi connectivity index (χ0) is 17.3. The average Bonchev–Trinajstić information content (AvgIpc) is 3.06. The molecular weight excluding hydrogens is 312 g/mol. The van der Waals surface area contributed by atoms with E-state index < -0.39 is 5.60 Å². The van der Waals surface area contributed by atoms with Crippen LogP contribution in [-0.4, -0.2) is 33.1 Å². The van der Waals surface area contributed by atoms with E-state index in [1.165, 1.54) is 0 Å². The Morgan fingerprint density at radius 3 is 2.76 bits per heavy atom. The molecule has 1 atom stereocenters. The molecule has 5 heteroatoms. The molecule has 2 aromatic heterocycles. The quantitative estimate of drug-likeness (QED) is 0.799. The van der Waals surface area contributed by atoms with Gasteiger partial charge in [-0.2, -0.15) is 0 Å². The second-order valence-electron chi connectivity index (χ2n) is 6.50. The monoisotopic (exact) mass is 332 g/mol. The third-order valence-electron chi connectivity index (χ3n) is 4.78. The second-order valence-corrected chi connectivity index (χ2v) is 6.50. The summed E-state index contributed by atoms with van der Waals surface area (Å²) >= 11 is 0. The molecule has 1 aliphatic rings. The summed E-state index contributed by atoms with van der Waals surface area (Å²) in [7, 11) is 0. The Labute approximate surface area is 147 Å². The molecule has 3 aromatic rings. The summed E-state index contributed by atoms with van der Waals surface area (Å²) in [6.07, 6.45) is 5.96. The van der Waals surface area contributed by atoms with E-state index in [2.05, 4.69) is 15.0 Å². The Morgan fingerprint density at radius 2 is 1.96 bits per heavy atom. The third kappa shape index (κ3) is 2.98. The lowest BCUT2D eigenvalue weighted by Gasteiger charge is -2.25. The van der Waals surface area contributed by atoms with Gasteiger partial charge in [0.15, 0.2) is 0 Å². The molecule has 4 rings (SSSR count). The van der Waals surface area contributed by atoms with Gasteiger partial charge in [-0.15, -0.1) is 0 Å². The maximum absolute atomic E-state index is 11.2. The van der Waals surface area contributed by atoms with Crippen LogP contribution in [-0.2, 0) is 5.60 Å². The van der Waals surface area contributed by atoms with Crippen LogP contribution in [0.5, 0.6) is 0 Å². The van der Waals surface area contributed by atoms with Gasteiger partial charge in [-0.3, -0.25) is 4.98 Å². The Hall–Kier alpha value is -2.79. The predicted molar refractivity (Wildman–Crippen MR) is 97.2 cm³/mol. The SMILES string of the molecule is Cc1ccccc1[C@]1(O)CCN(c2nccc(-c3cccnc3)n2)C1. The van der Waals surface area contributed by atoms with E-state index in [9.17, 15) is 5.11 Å². The number of rotatable bonds is 3. The summed E-state index contributed by atoms with van der Waals surface area (Å²) in [5.74, 6) is 0.644. The first kappa shape index (κ1) is 15.7. The van der Waals surface area contributed by atoms with Crippen LogP contribution in [0, 0.1) is 6.92 Å². The van der Waals surface area contributed by atoms with Gasteiger partial charge >= 0.3 is 0 Å². The maximum atomic E-state index is 11.2. The van der Waals surface area contributed by atoms with E-state index >= 15 is 0 Å². The normalized spacial score (nSPS) is 20.0. The van der Waals surface area contributed by atoms with Crippen molar-refractivity contribution in [2.45, 2.75) is 18.9 Å². The Balaban J connectivity index is 1.61. The third-order valence-corrected chi connectivity index (χ3v) is 4.78. The summed E-state index contributed by atoms with van der Waals surface area (Å²) in [5, 5.41) is 11.2. The van der Waals surface area contributed by atoms with E-state index in [4.69, 9.17) is 0 Å². The van der Waals surface area contributed by atoms with Crippen molar-refractivity contribution in [3.63, 3.8) is 0 Å². The summed E-state index contributed by atoms with van der Waals surface area (Å²) in [4.78, 5) is 15.3. The van der Waals surface area contributed by atoms with E-state index in [1.807, 2.05) is 54.3 Å². The van der Waals surface area contributed by atoms with Crippen LogP contribution in [0.1, 0.15) is 17.5 Å². The fourth-order valence-corrected chi connectivity index (χ4v) is 3.46. The van der Waals surface area contributed by atoms with Gasteiger partial charge in [0.1, 0.15) is 5.60 Å². The number of pyridine rings is 1. The van der Waals surface area contributed by atoms with Gasteiger partial charge in [0, 0.05) is 30.7 Å². The molecule has 1 N–H and O–H groups in total. The molecule has 0 bridgehead atoms. The summed E-state index contributed by atoms with van der Waals surface area (Å²) in [6.45, 7) is 3.26. The lowest BCUT2D eigenvalue weighted by atomic mass is 9.89. The van der Waals surface area contributed by atoms with Crippen molar-refractivity contribution in [2.75, 3.05) is 18.0 Å². The van der Waals surface area contributed by atoms with E-state index in [0.29, 0.717) is 18.9 Å². The topological polar surface area (TPSA) is 62.1 Å². The molecule has 0 saturated carbocycles. The molecule has 3 heterocycles. The van der Waals surface area contributed by atoms with E-state index in [-0.39, 0.29) is 0 Å². The number of aliphatic hydroxyl groups is 1. The molecular formula is C20H20N4O. The number of anilines is 1. The standard InChI is InChI=1S/C20H20N4O/c1-15-5-2-3-7-17(15)20(25)9-12-24(14-20)19-22-11-8-18(23-19)16-6-4-10-21-13-16/h2-8,10-11,13,25H,9,12,14H2,1H3/t20-/m0/s1. The van der Waals surface area contributed by atoms with Gasteiger partial charge in [-0.05, 0) is 42.7 Å². The summed E-state index contributed by atoms with van der Waals surface area (Å²) in [6, 6.07) is 13.8. The Morgan fingerprint density at radius 1 is 1.08 bits per heavy atom. The minimum absolute atomic E-state index is 0.494. The first-order valence-corrected chi connectivity index (χ1v) is 8.43. The highest BCUT2D eigenvalue weighted by Crippen LogP contribution is 2.35. The number of hydrogen-bond donors (Lipinski definition) is 1. The van der Waals surface area contributed by atoms with Crippen LogP contribution in [0.2, 0.25) is 0 Å². The van der Waals surface area contributed by atoms with Crippen molar-refractivity contribution < 1.29 is 5.11 Å². The summed E-state index contributed by atoms with van der Waals surface area (Å²) in [5.41, 5.74) is 3.03. The van der Waals surface area contributed by atoms with Crippen molar-refractivity contribution in [1.82, 2.24) is 15.0 Å². The van der Waals surface area contributed by atoms with Crippen molar-refractivity contribution in [1.29, 1.82) is 0 Å². The molecule has 0 amide bonds. The van der Waals surface area contributed by atoms with Crippen LogP contribution in [0.4, 0.5) is 5.95 Å². The molecule has 1 aliphatic heterocycles. The van der Waals surface area contributed by atoms with Crippen LogP contribution < -0.4 is 4.90 Å². The lowest BCUT2D eigenvalue weighted by molar-refractivity contribution is 0.0599. The minimum Gasteiger partial charge on any atom is -0.383 e. The lowest BCUT2D eigenvalue weighted by Crippen LogP contribution is -2.32. The van der Waals surface area contributed by atoms with Crippen molar-refractivity contribution in [2.24, 2.45) is 0 Å². The second kappa shape index (κ2) is 6.26. The van der Waals surface area contributed by atoms with Crippen molar-refractivity contribution in [3.05, 3.63) is 72.2 Å². The molecule has 0 unspecified atom stereocenters. The molecule has 25 heavy (non-hydrogen) atoms. The largest absolute Gasteiger partial charge is 0.383 e. The fourth-order valence-electron chi connectivity index (χ4n) is 3.46. The maximum Gasteiger partial charge on any atom is 0.225 e. The van der Waals surface area contributed by atoms with Crippen LogP contribution in [0.25, 0.3) is 11.3 Å². The summed E-state index contributed by atoms with van der Waals surface area (Å²) < 4.78 is 0.